The topological polar surface area (TPSA) is 55.2 Å². The van der Waals surface area contributed by atoms with Crippen LogP contribution in [-0.2, 0) is 0 Å². The van der Waals surface area contributed by atoms with Crippen LogP contribution in [0.4, 0.5) is 15.8 Å². The first kappa shape index (κ1) is 14.2. The highest BCUT2D eigenvalue weighted by Gasteiger charge is 2.32. The summed E-state index contributed by atoms with van der Waals surface area (Å²) in [4.78, 5) is 10.5. The van der Waals surface area contributed by atoms with Crippen LogP contribution in [0.2, 0.25) is 0 Å². The lowest BCUT2D eigenvalue weighted by Crippen LogP contribution is -2.18. The minimum atomic E-state index is -0.495. The molecule has 1 atom stereocenters. The summed E-state index contributed by atoms with van der Waals surface area (Å²) in [6.07, 6.45) is 2.95. The summed E-state index contributed by atoms with van der Waals surface area (Å²) in [5.74, 6) is -0.495. The molecule has 104 valence electrons. The molecule has 0 bridgehead atoms. The molecule has 0 amide bonds. The third kappa shape index (κ3) is 3.23. The summed E-state index contributed by atoms with van der Waals surface area (Å²) < 4.78 is 13.6. The molecule has 6 heteroatoms. The Morgan fingerprint density at radius 1 is 1.53 bits per heavy atom. The maximum atomic E-state index is 13.5. The fourth-order valence-electron chi connectivity index (χ4n) is 2.58. The number of halogens is 2. The van der Waals surface area contributed by atoms with Crippen LogP contribution in [0.3, 0.4) is 0 Å². The van der Waals surface area contributed by atoms with Gasteiger partial charge in [-0.05, 0) is 40.6 Å². The van der Waals surface area contributed by atoms with Crippen molar-refractivity contribution in [3.8, 4) is 0 Å². The lowest BCUT2D eigenvalue weighted by molar-refractivity contribution is -0.384. The van der Waals surface area contributed by atoms with E-state index in [0.717, 1.165) is 19.3 Å². The van der Waals surface area contributed by atoms with Crippen LogP contribution < -0.4 is 5.32 Å². The number of nitrogens with zero attached hydrogens (tertiary/aromatic N) is 1. The van der Waals surface area contributed by atoms with Crippen LogP contribution in [0.1, 0.15) is 33.1 Å². The summed E-state index contributed by atoms with van der Waals surface area (Å²) in [6.45, 7) is 4.34. The maximum Gasteiger partial charge on any atom is 0.293 e. The molecule has 1 N–H and O–H groups in total. The fraction of sp³-hybridized carbons (Fsp3) is 0.538. The second-order valence-corrected chi connectivity index (χ2v) is 6.64. The Labute approximate surface area is 119 Å². The highest BCUT2D eigenvalue weighted by Crippen LogP contribution is 2.40. The third-order valence-electron chi connectivity index (χ3n) is 3.56. The second kappa shape index (κ2) is 5.07. The van der Waals surface area contributed by atoms with Gasteiger partial charge in [0.15, 0.2) is 0 Å². The van der Waals surface area contributed by atoms with Crippen molar-refractivity contribution in [1.82, 2.24) is 0 Å². The summed E-state index contributed by atoms with van der Waals surface area (Å²) in [5.41, 5.74) is 0.395. The Morgan fingerprint density at radius 3 is 2.74 bits per heavy atom. The zero-order chi connectivity index (χ0) is 14.2. The molecule has 1 fully saturated rings. The van der Waals surface area contributed by atoms with Crippen LogP contribution in [-0.4, -0.2) is 11.0 Å². The summed E-state index contributed by atoms with van der Waals surface area (Å²) in [5, 5.41) is 14.1. The molecule has 19 heavy (non-hydrogen) atoms. The molecule has 1 aliphatic rings. The van der Waals surface area contributed by atoms with Gasteiger partial charge in [-0.25, -0.2) is 4.39 Å². The number of rotatable bonds is 3. The molecule has 0 heterocycles. The number of anilines is 1. The van der Waals surface area contributed by atoms with Gasteiger partial charge in [0.25, 0.3) is 5.69 Å². The zero-order valence-electron chi connectivity index (χ0n) is 10.9. The highest BCUT2D eigenvalue weighted by molar-refractivity contribution is 9.10. The molecular formula is C13H16BrFN2O2. The second-order valence-electron chi connectivity index (χ2n) is 5.79. The van der Waals surface area contributed by atoms with E-state index in [1.807, 2.05) is 0 Å². The van der Waals surface area contributed by atoms with Gasteiger partial charge in [-0.2, -0.15) is 0 Å². The van der Waals surface area contributed by atoms with E-state index in [1.165, 1.54) is 12.1 Å². The minimum Gasteiger partial charge on any atom is -0.377 e. The van der Waals surface area contributed by atoms with Crippen LogP contribution in [0.15, 0.2) is 16.6 Å². The largest absolute Gasteiger partial charge is 0.377 e. The van der Waals surface area contributed by atoms with Crippen molar-refractivity contribution in [2.75, 3.05) is 5.32 Å². The predicted octanol–water partition coefficient (Wildman–Crippen LogP) is 4.49. The molecule has 0 radical (unpaired) electrons. The van der Waals surface area contributed by atoms with Gasteiger partial charge in [0.05, 0.1) is 9.40 Å². The normalized spacial score (nSPS) is 21.4. The van der Waals surface area contributed by atoms with E-state index in [0.29, 0.717) is 0 Å². The Hall–Kier alpha value is -1.17. The van der Waals surface area contributed by atoms with E-state index in [9.17, 15) is 14.5 Å². The average Bonchev–Trinajstić information content (AvgIpc) is 2.62. The van der Waals surface area contributed by atoms with Gasteiger partial charge < -0.3 is 5.32 Å². The molecule has 2 rings (SSSR count). The Balaban J connectivity index is 2.25. The minimum absolute atomic E-state index is 0.0991. The first-order chi connectivity index (χ1) is 8.78. The van der Waals surface area contributed by atoms with Crippen molar-refractivity contribution in [1.29, 1.82) is 0 Å². The smallest absolute Gasteiger partial charge is 0.293 e. The molecular weight excluding hydrogens is 315 g/mol. The SMILES string of the molecule is CC1(C)CCC(Nc2cc(F)c(Br)cc2[N+](=O)[O-])C1. The summed E-state index contributed by atoms with van der Waals surface area (Å²) >= 11 is 2.97. The number of hydrogen-bond donors (Lipinski definition) is 1. The number of benzene rings is 1. The highest BCUT2D eigenvalue weighted by atomic mass is 79.9. The van der Waals surface area contributed by atoms with E-state index in [2.05, 4.69) is 35.1 Å². The van der Waals surface area contributed by atoms with E-state index in [4.69, 9.17) is 0 Å². The fourth-order valence-corrected chi connectivity index (χ4v) is 2.91. The third-order valence-corrected chi connectivity index (χ3v) is 4.17. The van der Waals surface area contributed by atoms with Crippen molar-refractivity contribution in [2.24, 2.45) is 5.41 Å². The number of hydrogen-bond acceptors (Lipinski definition) is 3. The lowest BCUT2D eigenvalue weighted by Gasteiger charge is -2.18. The molecule has 1 unspecified atom stereocenters. The molecule has 1 aliphatic carbocycles. The van der Waals surface area contributed by atoms with Crippen molar-refractivity contribution in [3.63, 3.8) is 0 Å². The van der Waals surface area contributed by atoms with E-state index in [1.54, 1.807) is 0 Å². The molecule has 0 spiro atoms. The quantitative estimate of drug-likeness (QED) is 0.656. The number of nitrogens with one attached hydrogen (secondary N) is 1. The predicted molar refractivity (Wildman–Crippen MR) is 75.8 cm³/mol. The molecule has 4 nitrogen and oxygen atoms in total. The summed E-state index contributed by atoms with van der Waals surface area (Å²) in [7, 11) is 0. The first-order valence-electron chi connectivity index (χ1n) is 6.18. The molecule has 1 aromatic carbocycles. The zero-order valence-corrected chi connectivity index (χ0v) is 12.5. The Morgan fingerprint density at radius 2 is 2.21 bits per heavy atom. The van der Waals surface area contributed by atoms with Crippen molar-refractivity contribution < 1.29 is 9.31 Å². The first-order valence-corrected chi connectivity index (χ1v) is 6.98. The van der Waals surface area contributed by atoms with Crippen LogP contribution in [0.25, 0.3) is 0 Å². The van der Waals surface area contributed by atoms with Gasteiger partial charge >= 0.3 is 0 Å². The van der Waals surface area contributed by atoms with Gasteiger partial charge in [-0.15, -0.1) is 0 Å². The van der Waals surface area contributed by atoms with E-state index in [-0.39, 0.29) is 27.3 Å². The van der Waals surface area contributed by atoms with Gasteiger partial charge in [0.1, 0.15) is 11.5 Å². The van der Waals surface area contributed by atoms with Crippen LogP contribution >= 0.6 is 15.9 Å². The molecule has 1 saturated carbocycles. The molecule has 0 aliphatic heterocycles. The van der Waals surface area contributed by atoms with Crippen molar-refractivity contribution in [3.05, 3.63) is 32.5 Å². The van der Waals surface area contributed by atoms with Crippen molar-refractivity contribution in [2.45, 2.75) is 39.2 Å². The Kier molecular flexibility index (Phi) is 3.80. The Bertz CT molecular complexity index is 520. The van der Waals surface area contributed by atoms with Crippen LogP contribution in [0, 0.1) is 21.3 Å². The van der Waals surface area contributed by atoms with E-state index >= 15 is 0 Å². The monoisotopic (exact) mass is 330 g/mol. The van der Waals surface area contributed by atoms with Crippen LogP contribution in [0.5, 0.6) is 0 Å². The average molecular weight is 331 g/mol. The molecule has 0 saturated heterocycles. The standard InChI is InChI=1S/C13H16BrFN2O2/c1-13(2)4-3-8(7-13)16-11-6-10(15)9(14)5-12(11)17(18)19/h5-6,8,16H,3-4,7H2,1-2H3. The van der Waals surface area contributed by atoms with Gasteiger partial charge in [0.2, 0.25) is 0 Å². The van der Waals surface area contributed by atoms with Gasteiger partial charge in [-0.3, -0.25) is 10.1 Å². The number of nitro benzene ring substituents is 1. The van der Waals surface area contributed by atoms with E-state index < -0.39 is 10.7 Å². The van der Waals surface area contributed by atoms with Gasteiger partial charge in [0, 0.05) is 18.2 Å². The van der Waals surface area contributed by atoms with Crippen molar-refractivity contribution >= 4 is 27.3 Å². The molecule has 1 aromatic rings. The summed E-state index contributed by atoms with van der Waals surface area (Å²) in [6, 6.07) is 2.56. The lowest BCUT2D eigenvalue weighted by atomic mass is 9.92. The van der Waals surface area contributed by atoms with Gasteiger partial charge in [-0.1, -0.05) is 13.8 Å². The maximum absolute atomic E-state index is 13.5. The molecule has 0 aromatic heterocycles. The number of nitro groups is 1.